The maximum atomic E-state index is 13.9. The van der Waals surface area contributed by atoms with E-state index in [0.717, 1.165) is 0 Å². The fourth-order valence-electron chi connectivity index (χ4n) is 3.84. The van der Waals surface area contributed by atoms with Crippen molar-refractivity contribution in [1.82, 2.24) is 0 Å². The van der Waals surface area contributed by atoms with Crippen molar-refractivity contribution in [3.05, 3.63) is 35.4 Å². The molecule has 2 aromatic rings. The Morgan fingerprint density at radius 2 is 1.22 bits per heavy atom. The van der Waals surface area contributed by atoms with Gasteiger partial charge >= 0.3 is 5.97 Å². The number of methoxy groups -OCH3 is 5. The minimum atomic E-state index is -1.41. The van der Waals surface area contributed by atoms with Gasteiger partial charge in [0.1, 0.15) is 22.8 Å². The van der Waals surface area contributed by atoms with Gasteiger partial charge in [0, 0.05) is 60.2 Å². The van der Waals surface area contributed by atoms with E-state index in [1.54, 1.807) is 12.1 Å². The summed E-state index contributed by atoms with van der Waals surface area (Å²) in [5.74, 6) is -0.225. The van der Waals surface area contributed by atoms with Crippen molar-refractivity contribution in [2.45, 2.75) is 19.1 Å². The number of benzene rings is 2. The lowest BCUT2D eigenvalue weighted by Crippen LogP contribution is -2.40. The molecule has 0 fully saturated rings. The predicted molar refractivity (Wildman–Crippen MR) is 139 cm³/mol. The Kier molecular flexibility index (Phi) is 12.2. The molecule has 0 N–H and O–H groups in total. The van der Waals surface area contributed by atoms with Crippen molar-refractivity contribution in [2.24, 2.45) is 0 Å². The summed E-state index contributed by atoms with van der Waals surface area (Å²) in [5.41, 5.74) is 0.390. The molecule has 0 amide bonds. The van der Waals surface area contributed by atoms with Gasteiger partial charge in [-0.1, -0.05) is 0 Å². The summed E-state index contributed by atoms with van der Waals surface area (Å²) < 4.78 is 65.3. The molecule has 0 aromatic heterocycles. The lowest BCUT2D eigenvalue weighted by molar-refractivity contribution is -0.148. The van der Waals surface area contributed by atoms with Crippen molar-refractivity contribution in [3.8, 4) is 34.5 Å². The van der Waals surface area contributed by atoms with E-state index in [-0.39, 0.29) is 68.3 Å². The van der Waals surface area contributed by atoms with E-state index in [9.17, 15) is 9.59 Å². The second-order valence-corrected chi connectivity index (χ2v) is 8.33. The molecule has 14 nitrogen and oxygen atoms in total. The van der Waals surface area contributed by atoms with Crippen molar-refractivity contribution >= 4 is 11.8 Å². The summed E-state index contributed by atoms with van der Waals surface area (Å²) >= 11 is 0. The number of ether oxygens (including phenoxy) is 12. The Morgan fingerprint density at radius 1 is 0.707 bits per heavy atom. The van der Waals surface area contributed by atoms with Gasteiger partial charge in [-0.15, -0.1) is 0 Å². The highest BCUT2D eigenvalue weighted by Crippen LogP contribution is 2.47. The number of Topliss-reactive ketones (excluding diaryl/α,β-unsaturated/α-hetero) is 1. The van der Waals surface area contributed by atoms with Gasteiger partial charge in [0.15, 0.2) is 51.6 Å². The summed E-state index contributed by atoms with van der Waals surface area (Å²) in [7, 11) is 7.25. The summed E-state index contributed by atoms with van der Waals surface area (Å²) in [4.78, 5) is 26.0. The minimum Gasteiger partial charge on any atom is -0.480 e. The molecule has 0 bridgehead atoms. The van der Waals surface area contributed by atoms with Gasteiger partial charge in [0.25, 0.3) is 0 Å². The molecule has 1 aliphatic rings. The molecule has 0 radical (unpaired) electrons. The number of esters is 1. The highest BCUT2D eigenvalue weighted by Gasteiger charge is 2.44. The van der Waals surface area contributed by atoms with Crippen LogP contribution >= 0.6 is 0 Å². The summed E-state index contributed by atoms with van der Waals surface area (Å²) in [6.45, 7) is 0.543. The number of carbonyl (C=O) groups excluding carboxylic acids is 2. The number of ketones is 1. The normalized spacial score (nSPS) is 15.9. The first-order valence-electron chi connectivity index (χ1n) is 12.2. The number of hydrogen-bond acceptors (Lipinski definition) is 14. The largest absolute Gasteiger partial charge is 0.480 e. The predicted octanol–water partition coefficient (Wildman–Crippen LogP) is 2.85. The summed E-state index contributed by atoms with van der Waals surface area (Å²) in [6, 6.07) is 6.09. The SMILES string of the molecule is COCOc1cc(OCOC)c2c(c1)O[C@@H](c1cc(OCOC)c(OCOC)c(OCOC)c1)[C@H](OC(C)=O)C2=O. The number of hydrogen-bond donors (Lipinski definition) is 0. The third-order valence-electron chi connectivity index (χ3n) is 5.40. The van der Waals surface area contributed by atoms with E-state index in [1.807, 2.05) is 0 Å². The molecule has 2 aromatic carbocycles. The molecule has 3 rings (SSSR count). The van der Waals surface area contributed by atoms with Crippen LogP contribution in [0.3, 0.4) is 0 Å². The Hall–Kier alpha value is -3.82. The maximum Gasteiger partial charge on any atom is 0.303 e. The first kappa shape index (κ1) is 31.7. The van der Waals surface area contributed by atoms with E-state index in [1.165, 1.54) is 54.6 Å². The second kappa shape index (κ2) is 15.8. The summed E-state index contributed by atoms with van der Waals surface area (Å²) in [5, 5.41) is 0. The zero-order valence-electron chi connectivity index (χ0n) is 23.7. The molecule has 0 aliphatic carbocycles. The maximum absolute atomic E-state index is 13.9. The fourth-order valence-corrected chi connectivity index (χ4v) is 3.84. The smallest absolute Gasteiger partial charge is 0.303 e. The number of carbonyl (C=O) groups is 2. The monoisotopic (exact) mass is 582 g/mol. The highest BCUT2D eigenvalue weighted by molar-refractivity contribution is 6.06. The minimum absolute atomic E-state index is 0.0427. The molecule has 1 aliphatic heterocycles. The van der Waals surface area contributed by atoms with Crippen LogP contribution in [-0.4, -0.2) is 87.4 Å². The van der Waals surface area contributed by atoms with Gasteiger partial charge in [-0.3, -0.25) is 9.59 Å². The molecule has 41 heavy (non-hydrogen) atoms. The molecule has 1 heterocycles. The van der Waals surface area contributed by atoms with Gasteiger partial charge in [0.2, 0.25) is 17.6 Å². The molecule has 14 heteroatoms. The fraction of sp³-hybridized carbons (Fsp3) is 0.481. The lowest BCUT2D eigenvalue weighted by atomic mass is 9.92. The van der Waals surface area contributed by atoms with E-state index in [2.05, 4.69) is 0 Å². The average Bonchev–Trinajstić information content (AvgIpc) is 2.96. The quantitative estimate of drug-likeness (QED) is 0.199. The van der Waals surface area contributed by atoms with Crippen LogP contribution < -0.4 is 28.4 Å². The zero-order valence-corrected chi connectivity index (χ0v) is 23.7. The lowest BCUT2D eigenvalue weighted by Gasteiger charge is -2.33. The summed E-state index contributed by atoms with van der Waals surface area (Å²) in [6.07, 6.45) is -2.56. The van der Waals surface area contributed by atoms with Gasteiger partial charge < -0.3 is 56.8 Å². The van der Waals surface area contributed by atoms with Gasteiger partial charge in [0.05, 0.1) is 0 Å². The van der Waals surface area contributed by atoms with E-state index in [4.69, 9.17) is 56.8 Å². The number of fused-ring (bicyclic) bond motifs is 1. The van der Waals surface area contributed by atoms with Crippen LogP contribution in [0.15, 0.2) is 24.3 Å². The van der Waals surface area contributed by atoms with Crippen molar-refractivity contribution in [1.29, 1.82) is 0 Å². The van der Waals surface area contributed by atoms with Gasteiger partial charge in [-0.2, -0.15) is 0 Å². The van der Waals surface area contributed by atoms with Crippen molar-refractivity contribution in [3.63, 3.8) is 0 Å². The zero-order chi connectivity index (χ0) is 29.8. The molecule has 226 valence electrons. The highest BCUT2D eigenvalue weighted by atomic mass is 16.7. The molecule has 0 unspecified atom stereocenters. The van der Waals surface area contributed by atoms with Crippen molar-refractivity contribution < 1.29 is 66.4 Å². The third-order valence-corrected chi connectivity index (χ3v) is 5.40. The van der Waals surface area contributed by atoms with Gasteiger partial charge in [-0.25, -0.2) is 0 Å². The standard InChI is InChI=1S/C27H34O14/c1-16(28)40-27-24(29)23-19(36-12-31-3)9-18(35-11-30-2)10-20(23)41-25(27)17-7-21(37-13-32-4)26(39-15-34-6)22(8-17)38-14-33-5/h7-10,25,27H,11-15H2,1-6H3/t25-,27+/m0/s1. The first-order chi connectivity index (χ1) is 19.9. The van der Waals surface area contributed by atoms with E-state index >= 15 is 0 Å². The van der Waals surface area contributed by atoms with Crippen LogP contribution in [0.5, 0.6) is 34.5 Å². The topological polar surface area (TPSA) is 145 Å². The van der Waals surface area contributed by atoms with E-state index in [0.29, 0.717) is 11.3 Å². The van der Waals surface area contributed by atoms with Gasteiger partial charge in [-0.05, 0) is 12.1 Å². The Morgan fingerprint density at radius 3 is 1.76 bits per heavy atom. The second-order valence-electron chi connectivity index (χ2n) is 8.33. The molecule has 0 spiro atoms. The molecular formula is C27H34O14. The van der Waals surface area contributed by atoms with Crippen LogP contribution in [0.1, 0.15) is 28.9 Å². The van der Waals surface area contributed by atoms with Crippen LogP contribution in [0.2, 0.25) is 0 Å². The molecule has 0 saturated heterocycles. The third kappa shape index (κ3) is 8.11. The Bertz CT molecular complexity index is 1140. The van der Waals surface area contributed by atoms with Crippen LogP contribution in [0, 0.1) is 0 Å². The van der Waals surface area contributed by atoms with Crippen LogP contribution in [0.4, 0.5) is 0 Å². The average molecular weight is 583 g/mol. The Labute approximate surface area is 237 Å². The first-order valence-corrected chi connectivity index (χ1v) is 12.2. The van der Waals surface area contributed by atoms with Crippen molar-refractivity contribution in [2.75, 3.05) is 69.5 Å². The molecule has 0 saturated carbocycles. The Balaban J connectivity index is 2.18. The molecule has 2 atom stereocenters. The van der Waals surface area contributed by atoms with Crippen LogP contribution in [0.25, 0.3) is 0 Å². The van der Waals surface area contributed by atoms with Crippen LogP contribution in [-0.2, 0) is 33.2 Å². The molecular weight excluding hydrogens is 548 g/mol. The number of rotatable bonds is 17. The van der Waals surface area contributed by atoms with E-state index < -0.39 is 24.0 Å².